The highest BCUT2D eigenvalue weighted by Crippen LogP contribution is 2.30. The molecule has 0 aliphatic heterocycles. The van der Waals surface area contributed by atoms with E-state index in [1.165, 1.54) is 39.5 Å². The zero-order valence-corrected chi connectivity index (χ0v) is 19.8. The molecule has 2 N–H and O–H groups in total. The third-order valence-corrected chi connectivity index (χ3v) is 6.41. The van der Waals surface area contributed by atoms with E-state index in [0.29, 0.717) is 22.2 Å². The Morgan fingerprint density at radius 1 is 0.848 bits per heavy atom. The van der Waals surface area contributed by atoms with Crippen LogP contribution in [0.1, 0.15) is 15.9 Å². The first-order chi connectivity index (χ1) is 15.8. The first-order valence-electron chi connectivity index (χ1n) is 9.73. The summed E-state index contributed by atoms with van der Waals surface area (Å²) in [5.74, 6) is 0.570. The topological polar surface area (TPSA) is 103 Å². The third kappa shape index (κ3) is 5.95. The van der Waals surface area contributed by atoms with Crippen LogP contribution >= 0.6 is 11.6 Å². The van der Waals surface area contributed by atoms with E-state index in [2.05, 4.69) is 10.0 Å². The van der Waals surface area contributed by atoms with Gasteiger partial charge in [-0.3, -0.25) is 4.79 Å². The number of hydrogen-bond donors (Lipinski definition) is 2. The third-order valence-electron chi connectivity index (χ3n) is 4.74. The standard InChI is InChI=1S/C23H23ClN2O6S/c1-30-19-11-9-18(13-21(19)32-3)26-23(27)16-6-10-20(31-2)22(12-16)33(28,29)25-14-15-4-7-17(24)8-5-15/h4-13,25H,14H2,1-3H3,(H,26,27). The first kappa shape index (κ1) is 24.4. The zero-order chi connectivity index (χ0) is 24.0. The van der Waals surface area contributed by atoms with Crippen LogP contribution in [0, 0.1) is 0 Å². The molecule has 10 heteroatoms. The number of rotatable bonds is 9. The van der Waals surface area contributed by atoms with Crippen molar-refractivity contribution < 1.29 is 27.4 Å². The Hall–Kier alpha value is -3.27. The predicted octanol–water partition coefficient (Wildman–Crippen LogP) is 4.10. The molecule has 0 unspecified atom stereocenters. The van der Waals surface area contributed by atoms with Crippen molar-refractivity contribution in [3.8, 4) is 17.2 Å². The van der Waals surface area contributed by atoms with Crippen LogP contribution in [-0.2, 0) is 16.6 Å². The monoisotopic (exact) mass is 490 g/mol. The smallest absolute Gasteiger partial charge is 0.255 e. The molecule has 0 radical (unpaired) electrons. The number of halogens is 1. The summed E-state index contributed by atoms with van der Waals surface area (Å²) in [5, 5.41) is 3.27. The normalized spacial score (nSPS) is 11.0. The molecule has 0 atom stereocenters. The lowest BCUT2D eigenvalue weighted by Crippen LogP contribution is -2.24. The highest BCUT2D eigenvalue weighted by Gasteiger charge is 2.22. The van der Waals surface area contributed by atoms with Crippen molar-refractivity contribution >= 4 is 33.2 Å². The van der Waals surface area contributed by atoms with Gasteiger partial charge >= 0.3 is 0 Å². The van der Waals surface area contributed by atoms with Crippen LogP contribution in [0.5, 0.6) is 17.2 Å². The number of sulfonamides is 1. The van der Waals surface area contributed by atoms with Crippen molar-refractivity contribution in [3.05, 3.63) is 76.8 Å². The minimum atomic E-state index is -3.98. The highest BCUT2D eigenvalue weighted by molar-refractivity contribution is 7.89. The van der Waals surface area contributed by atoms with Crippen LogP contribution in [0.3, 0.4) is 0 Å². The van der Waals surface area contributed by atoms with Crippen LogP contribution in [-0.4, -0.2) is 35.7 Å². The summed E-state index contributed by atoms with van der Waals surface area (Å²) in [4.78, 5) is 12.7. The summed E-state index contributed by atoms with van der Waals surface area (Å²) >= 11 is 5.87. The van der Waals surface area contributed by atoms with Gasteiger partial charge in [0.2, 0.25) is 10.0 Å². The molecule has 8 nitrogen and oxygen atoms in total. The molecule has 0 bridgehead atoms. The quantitative estimate of drug-likeness (QED) is 0.468. The molecule has 0 fully saturated rings. The van der Waals surface area contributed by atoms with E-state index in [0.717, 1.165) is 5.56 Å². The lowest BCUT2D eigenvalue weighted by Gasteiger charge is -2.13. The second-order valence-corrected chi connectivity index (χ2v) is 9.01. The average Bonchev–Trinajstić information content (AvgIpc) is 2.83. The van der Waals surface area contributed by atoms with Gasteiger partial charge in [-0.15, -0.1) is 0 Å². The number of methoxy groups -OCH3 is 3. The number of benzene rings is 3. The van der Waals surface area contributed by atoms with E-state index in [9.17, 15) is 13.2 Å². The van der Waals surface area contributed by atoms with Crippen molar-refractivity contribution in [2.24, 2.45) is 0 Å². The Kier molecular flexibility index (Phi) is 7.80. The molecule has 33 heavy (non-hydrogen) atoms. The molecule has 3 aromatic carbocycles. The molecule has 3 aromatic rings. The van der Waals surface area contributed by atoms with E-state index < -0.39 is 15.9 Å². The fourth-order valence-electron chi connectivity index (χ4n) is 3.00. The lowest BCUT2D eigenvalue weighted by atomic mass is 10.2. The van der Waals surface area contributed by atoms with Gasteiger partial charge in [0.25, 0.3) is 5.91 Å². The van der Waals surface area contributed by atoms with Crippen LogP contribution in [0.15, 0.2) is 65.6 Å². The Balaban J connectivity index is 1.83. The number of hydrogen-bond acceptors (Lipinski definition) is 6. The van der Waals surface area contributed by atoms with Gasteiger partial charge in [0, 0.05) is 28.9 Å². The molecular weight excluding hydrogens is 468 g/mol. The summed E-state index contributed by atoms with van der Waals surface area (Å²) in [6, 6.07) is 15.9. The lowest BCUT2D eigenvalue weighted by molar-refractivity contribution is 0.102. The Labute approximate surface area is 197 Å². The number of carbonyl (C=O) groups is 1. The summed E-state index contributed by atoms with van der Waals surface area (Å²) in [6.07, 6.45) is 0. The van der Waals surface area contributed by atoms with Crippen molar-refractivity contribution in [3.63, 3.8) is 0 Å². The number of amides is 1. The molecule has 0 saturated heterocycles. The van der Waals surface area contributed by atoms with Gasteiger partial charge in [0.1, 0.15) is 10.6 Å². The average molecular weight is 491 g/mol. The predicted molar refractivity (Wildman–Crippen MR) is 126 cm³/mol. The molecule has 3 rings (SSSR count). The summed E-state index contributed by atoms with van der Waals surface area (Å²) in [5.41, 5.74) is 1.32. The Morgan fingerprint density at radius 2 is 1.48 bits per heavy atom. The van der Waals surface area contributed by atoms with Gasteiger partial charge in [-0.1, -0.05) is 23.7 Å². The largest absolute Gasteiger partial charge is 0.495 e. The van der Waals surface area contributed by atoms with E-state index in [-0.39, 0.29) is 22.8 Å². The van der Waals surface area contributed by atoms with E-state index in [1.54, 1.807) is 42.5 Å². The maximum atomic E-state index is 13.0. The van der Waals surface area contributed by atoms with Crippen LogP contribution < -0.4 is 24.2 Å². The maximum absolute atomic E-state index is 13.0. The second kappa shape index (κ2) is 10.6. The van der Waals surface area contributed by atoms with Crippen molar-refractivity contribution in [1.82, 2.24) is 4.72 Å². The fourth-order valence-corrected chi connectivity index (χ4v) is 4.34. The van der Waals surface area contributed by atoms with Crippen molar-refractivity contribution in [2.75, 3.05) is 26.6 Å². The fraction of sp³-hybridized carbons (Fsp3) is 0.174. The van der Waals surface area contributed by atoms with Gasteiger partial charge < -0.3 is 19.5 Å². The van der Waals surface area contributed by atoms with Gasteiger partial charge in [0.05, 0.1) is 21.3 Å². The molecule has 0 spiro atoms. The second-order valence-electron chi connectivity index (χ2n) is 6.84. The zero-order valence-electron chi connectivity index (χ0n) is 18.2. The highest BCUT2D eigenvalue weighted by atomic mass is 35.5. The van der Waals surface area contributed by atoms with E-state index >= 15 is 0 Å². The van der Waals surface area contributed by atoms with Gasteiger partial charge in [-0.05, 0) is 48.0 Å². The molecular formula is C23H23ClN2O6S. The molecule has 1 amide bonds. The summed E-state index contributed by atoms with van der Waals surface area (Å²) in [7, 11) is 0.371. The number of nitrogens with one attached hydrogen (secondary N) is 2. The summed E-state index contributed by atoms with van der Waals surface area (Å²) < 4.78 is 44.1. The number of carbonyl (C=O) groups excluding carboxylic acids is 1. The van der Waals surface area contributed by atoms with Gasteiger partial charge in [0.15, 0.2) is 11.5 Å². The maximum Gasteiger partial charge on any atom is 0.255 e. The first-order valence-corrected chi connectivity index (χ1v) is 11.6. The van der Waals surface area contributed by atoms with Crippen molar-refractivity contribution in [1.29, 1.82) is 0 Å². The van der Waals surface area contributed by atoms with Crippen LogP contribution in [0.2, 0.25) is 5.02 Å². The molecule has 174 valence electrons. The molecule has 0 aromatic heterocycles. The molecule has 0 saturated carbocycles. The van der Waals surface area contributed by atoms with Gasteiger partial charge in [-0.2, -0.15) is 0 Å². The molecule has 0 aliphatic rings. The minimum Gasteiger partial charge on any atom is -0.495 e. The van der Waals surface area contributed by atoms with Crippen LogP contribution in [0.25, 0.3) is 0 Å². The number of ether oxygens (including phenoxy) is 3. The van der Waals surface area contributed by atoms with Crippen LogP contribution in [0.4, 0.5) is 5.69 Å². The van der Waals surface area contributed by atoms with E-state index in [4.69, 9.17) is 25.8 Å². The van der Waals surface area contributed by atoms with E-state index in [1.807, 2.05) is 0 Å². The summed E-state index contributed by atoms with van der Waals surface area (Å²) in [6.45, 7) is 0.0464. The SMILES string of the molecule is COc1ccc(NC(=O)c2ccc(OC)c(S(=O)(=O)NCc3ccc(Cl)cc3)c2)cc1OC. The number of anilines is 1. The Morgan fingerprint density at radius 3 is 2.12 bits per heavy atom. The molecule has 0 aliphatic carbocycles. The Bertz CT molecular complexity index is 1250. The molecule has 0 heterocycles. The van der Waals surface area contributed by atoms with Gasteiger partial charge in [-0.25, -0.2) is 13.1 Å². The van der Waals surface area contributed by atoms with Crippen molar-refractivity contribution in [2.45, 2.75) is 11.4 Å². The minimum absolute atomic E-state index is 0.0464.